The van der Waals surface area contributed by atoms with Gasteiger partial charge in [-0.15, -0.1) is 0 Å². The molecule has 0 spiro atoms. The van der Waals surface area contributed by atoms with Crippen LogP contribution in [0.25, 0.3) is 0 Å². The van der Waals surface area contributed by atoms with Gasteiger partial charge in [0, 0.05) is 18.7 Å². The Morgan fingerprint density at radius 3 is 2.45 bits per heavy atom. The van der Waals surface area contributed by atoms with E-state index >= 15 is 0 Å². The second-order valence-electron chi connectivity index (χ2n) is 5.21. The number of ether oxygens (including phenoxy) is 1. The number of likely N-dealkylation sites (tertiary alicyclic amines) is 1. The summed E-state index contributed by atoms with van der Waals surface area (Å²) in [6.07, 6.45) is 1.15. The number of esters is 1. The van der Waals surface area contributed by atoms with E-state index in [1.54, 1.807) is 42.2 Å². The molecule has 0 radical (unpaired) electrons. The summed E-state index contributed by atoms with van der Waals surface area (Å²) >= 11 is 0. The second-order valence-corrected chi connectivity index (χ2v) is 5.21. The number of benzene rings is 1. The molecule has 2 amide bonds. The van der Waals surface area contributed by atoms with Crippen LogP contribution >= 0.6 is 0 Å². The van der Waals surface area contributed by atoms with E-state index in [1.807, 2.05) is 0 Å². The molecule has 1 heterocycles. The zero-order chi connectivity index (χ0) is 15.9. The molecule has 6 heteroatoms. The number of hydrogen-bond acceptors (Lipinski definition) is 4. The van der Waals surface area contributed by atoms with Gasteiger partial charge in [-0.05, 0) is 31.9 Å². The molecular formula is C16H20N2O4. The number of carbonyl (C=O) groups excluding carboxylic acids is 3. The van der Waals surface area contributed by atoms with Crippen LogP contribution in [0.4, 0.5) is 0 Å². The zero-order valence-corrected chi connectivity index (χ0v) is 12.6. The monoisotopic (exact) mass is 304 g/mol. The van der Waals surface area contributed by atoms with Crippen LogP contribution in [0, 0.1) is 0 Å². The van der Waals surface area contributed by atoms with Gasteiger partial charge in [0.15, 0.2) is 6.10 Å². The minimum absolute atomic E-state index is 0.180. The van der Waals surface area contributed by atoms with E-state index in [1.165, 1.54) is 0 Å². The summed E-state index contributed by atoms with van der Waals surface area (Å²) in [5.41, 5.74) is 0.469. The van der Waals surface area contributed by atoms with Gasteiger partial charge in [0.2, 0.25) is 0 Å². The molecule has 0 aliphatic carbocycles. The zero-order valence-electron chi connectivity index (χ0n) is 12.6. The Kier molecular flexibility index (Phi) is 5.52. The highest BCUT2D eigenvalue weighted by atomic mass is 16.5. The van der Waals surface area contributed by atoms with Crippen LogP contribution in [0.2, 0.25) is 0 Å². The lowest BCUT2D eigenvalue weighted by atomic mass is 10.2. The molecule has 1 fully saturated rings. The van der Waals surface area contributed by atoms with E-state index in [4.69, 9.17) is 4.74 Å². The van der Waals surface area contributed by atoms with Crippen molar-refractivity contribution in [2.24, 2.45) is 0 Å². The first-order valence-corrected chi connectivity index (χ1v) is 7.39. The lowest BCUT2D eigenvalue weighted by molar-refractivity contribution is -0.157. The summed E-state index contributed by atoms with van der Waals surface area (Å²) < 4.78 is 5.07. The predicted octanol–water partition coefficient (Wildman–Crippen LogP) is 0.970. The fourth-order valence-electron chi connectivity index (χ4n) is 2.33. The molecule has 0 unspecified atom stereocenters. The first kappa shape index (κ1) is 16.0. The third-order valence-corrected chi connectivity index (χ3v) is 3.50. The van der Waals surface area contributed by atoms with Crippen LogP contribution in [0.15, 0.2) is 30.3 Å². The van der Waals surface area contributed by atoms with Gasteiger partial charge in [0.1, 0.15) is 6.54 Å². The predicted molar refractivity (Wildman–Crippen MR) is 80.1 cm³/mol. The highest BCUT2D eigenvalue weighted by Crippen LogP contribution is 2.10. The molecule has 2 rings (SSSR count). The molecule has 0 bridgehead atoms. The highest BCUT2D eigenvalue weighted by Gasteiger charge is 2.25. The van der Waals surface area contributed by atoms with Crippen molar-refractivity contribution in [2.75, 3.05) is 19.6 Å². The Morgan fingerprint density at radius 1 is 1.18 bits per heavy atom. The molecule has 1 aliphatic rings. The minimum atomic E-state index is -0.820. The van der Waals surface area contributed by atoms with Crippen molar-refractivity contribution < 1.29 is 19.1 Å². The van der Waals surface area contributed by atoms with E-state index < -0.39 is 12.1 Å². The van der Waals surface area contributed by atoms with Gasteiger partial charge in [-0.1, -0.05) is 18.2 Å². The third-order valence-electron chi connectivity index (χ3n) is 3.50. The van der Waals surface area contributed by atoms with E-state index in [2.05, 4.69) is 5.32 Å². The Labute approximate surface area is 129 Å². The summed E-state index contributed by atoms with van der Waals surface area (Å²) in [6, 6.07) is 8.59. The van der Waals surface area contributed by atoms with Crippen molar-refractivity contribution >= 4 is 17.8 Å². The van der Waals surface area contributed by atoms with E-state index in [0.29, 0.717) is 18.7 Å². The Hall–Kier alpha value is -2.37. The second kappa shape index (κ2) is 7.59. The van der Waals surface area contributed by atoms with Crippen LogP contribution in [0.1, 0.15) is 30.1 Å². The Morgan fingerprint density at radius 2 is 1.82 bits per heavy atom. The van der Waals surface area contributed by atoms with Crippen LogP contribution < -0.4 is 5.32 Å². The number of carbonyl (C=O) groups is 3. The first-order valence-electron chi connectivity index (χ1n) is 7.39. The lowest BCUT2D eigenvalue weighted by Crippen LogP contribution is -2.40. The van der Waals surface area contributed by atoms with Crippen LogP contribution in [0.3, 0.4) is 0 Å². The van der Waals surface area contributed by atoms with Gasteiger partial charge < -0.3 is 15.0 Å². The van der Waals surface area contributed by atoms with Crippen molar-refractivity contribution in [1.82, 2.24) is 10.2 Å². The smallest absolute Gasteiger partial charge is 0.326 e. The number of amides is 2. The molecule has 1 aliphatic heterocycles. The maximum atomic E-state index is 12.0. The molecule has 1 saturated heterocycles. The Bertz CT molecular complexity index is 538. The summed E-state index contributed by atoms with van der Waals surface area (Å²) in [6.45, 7) is 2.72. The summed E-state index contributed by atoms with van der Waals surface area (Å²) in [5, 5.41) is 2.47. The summed E-state index contributed by atoms with van der Waals surface area (Å²) in [5.74, 6) is -1.15. The van der Waals surface area contributed by atoms with Gasteiger partial charge in [-0.2, -0.15) is 0 Å². The van der Waals surface area contributed by atoms with Gasteiger partial charge >= 0.3 is 5.97 Å². The van der Waals surface area contributed by atoms with Crippen molar-refractivity contribution in [1.29, 1.82) is 0 Å². The molecular weight excluding hydrogens is 284 g/mol. The normalized spacial score (nSPS) is 15.2. The van der Waals surface area contributed by atoms with Crippen LogP contribution in [-0.2, 0) is 14.3 Å². The van der Waals surface area contributed by atoms with Crippen LogP contribution in [0.5, 0.6) is 0 Å². The van der Waals surface area contributed by atoms with Gasteiger partial charge in [0.05, 0.1) is 0 Å². The lowest BCUT2D eigenvalue weighted by Gasteiger charge is -2.20. The van der Waals surface area contributed by atoms with E-state index in [0.717, 1.165) is 12.8 Å². The largest absolute Gasteiger partial charge is 0.451 e. The first-order chi connectivity index (χ1) is 10.6. The topological polar surface area (TPSA) is 75.7 Å². The van der Waals surface area contributed by atoms with Crippen molar-refractivity contribution in [3.05, 3.63) is 35.9 Å². The van der Waals surface area contributed by atoms with Crippen molar-refractivity contribution in [2.45, 2.75) is 25.9 Å². The molecule has 1 atom stereocenters. The number of hydrogen-bond donors (Lipinski definition) is 1. The average molecular weight is 304 g/mol. The number of nitrogens with one attached hydrogen (secondary N) is 1. The van der Waals surface area contributed by atoms with Gasteiger partial charge in [0.25, 0.3) is 11.8 Å². The molecule has 0 aromatic heterocycles. The molecule has 22 heavy (non-hydrogen) atoms. The van der Waals surface area contributed by atoms with E-state index in [9.17, 15) is 14.4 Å². The molecule has 6 nitrogen and oxygen atoms in total. The highest BCUT2D eigenvalue weighted by molar-refractivity contribution is 5.96. The molecule has 1 aromatic carbocycles. The van der Waals surface area contributed by atoms with E-state index in [-0.39, 0.29) is 18.4 Å². The SMILES string of the molecule is C[C@H](OC(=O)CNC(=O)c1ccccc1)C(=O)N1CCCC1. The molecule has 1 N–H and O–H groups in total. The molecule has 1 aromatic rings. The quantitative estimate of drug-likeness (QED) is 0.823. The Balaban J connectivity index is 1.75. The van der Waals surface area contributed by atoms with Crippen molar-refractivity contribution in [3.63, 3.8) is 0 Å². The summed E-state index contributed by atoms with van der Waals surface area (Å²) in [4.78, 5) is 37.2. The molecule has 118 valence electrons. The fourth-order valence-corrected chi connectivity index (χ4v) is 2.33. The number of nitrogens with zero attached hydrogens (tertiary/aromatic N) is 1. The fraction of sp³-hybridized carbons (Fsp3) is 0.438. The molecule has 0 saturated carbocycles. The summed E-state index contributed by atoms with van der Waals surface area (Å²) in [7, 11) is 0. The maximum Gasteiger partial charge on any atom is 0.326 e. The third kappa shape index (κ3) is 4.31. The van der Waals surface area contributed by atoms with Crippen LogP contribution in [-0.4, -0.2) is 48.4 Å². The van der Waals surface area contributed by atoms with Gasteiger partial charge in [-0.3, -0.25) is 14.4 Å². The standard InChI is InChI=1S/C16H20N2O4/c1-12(16(21)18-9-5-6-10-18)22-14(19)11-17-15(20)13-7-3-2-4-8-13/h2-4,7-8,12H,5-6,9-11H2,1H3,(H,17,20)/t12-/m0/s1. The number of rotatable bonds is 5. The minimum Gasteiger partial charge on any atom is -0.451 e. The van der Waals surface area contributed by atoms with Gasteiger partial charge in [-0.25, -0.2) is 0 Å². The average Bonchev–Trinajstić information content (AvgIpc) is 3.07. The van der Waals surface area contributed by atoms with Crippen molar-refractivity contribution in [3.8, 4) is 0 Å². The maximum absolute atomic E-state index is 12.0.